The molecule has 2 aromatic carbocycles. The van der Waals surface area contributed by atoms with Crippen molar-refractivity contribution in [1.29, 1.82) is 0 Å². The Hall–Kier alpha value is -3.10. The van der Waals surface area contributed by atoms with Crippen molar-refractivity contribution < 1.29 is 33.6 Å². The summed E-state index contributed by atoms with van der Waals surface area (Å²) < 4.78 is 22.7. The van der Waals surface area contributed by atoms with Gasteiger partial charge in [-0.3, -0.25) is 0 Å². The van der Waals surface area contributed by atoms with Crippen molar-refractivity contribution in [3.63, 3.8) is 0 Å². The lowest BCUT2D eigenvalue weighted by Crippen LogP contribution is -2.39. The number of hydrogen-bond donors (Lipinski definition) is 1. The molecule has 0 saturated carbocycles. The third kappa shape index (κ3) is 10.7. The van der Waals surface area contributed by atoms with Crippen molar-refractivity contribution in [2.45, 2.75) is 66.4 Å². The fraction of sp³-hybridized carbons (Fsp3) is 0.533. The van der Waals surface area contributed by atoms with Crippen molar-refractivity contribution in [2.24, 2.45) is 0 Å². The number of carboxylic acid groups (broad SMARTS) is 1. The second-order valence-electron chi connectivity index (χ2n) is 9.38. The average Bonchev–Trinajstić information content (AvgIpc) is 2.87. The van der Waals surface area contributed by atoms with Crippen molar-refractivity contribution in [3.8, 4) is 11.5 Å². The van der Waals surface area contributed by atoms with E-state index in [4.69, 9.17) is 18.9 Å². The van der Waals surface area contributed by atoms with E-state index in [1.807, 2.05) is 45.0 Å². The molecular formula is C30H43NO7. The Labute approximate surface area is 226 Å². The fourth-order valence-electron chi connectivity index (χ4n) is 4.13. The molecular weight excluding hydrogens is 486 g/mol. The summed E-state index contributed by atoms with van der Waals surface area (Å²) in [6.45, 7) is 12.2. The van der Waals surface area contributed by atoms with Gasteiger partial charge in [-0.25, -0.2) is 9.59 Å². The van der Waals surface area contributed by atoms with Crippen LogP contribution in [-0.2, 0) is 20.7 Å². The topological polar surface area (TPSA) is 94.5 Å². The minimum Gasteiger partial charge on any atom is -0.492 e. The fourth-order valence-corrected chi connectivity index (χ4v) is 4.13. The molecule has 38 heavy (non-hydrogen) atoms. The number of carbonyl (C=O) groups is 2. The van der Waals surface area contributed by atoms with Crippen molar-refractivity contribution >= 4 is 12.1 Å². The van der Waals surface area contributed by atoms with Gasteiger partial charge < -0.3 is 29.0 Å². The maximum atomic E-state index is 13.1. The third-order valence-electron chi connectivity index (χ3n) is 6.07. The molecule has 1 N–H and O–H groups in total. The van der Waals surface area contributed by atoms with Crippen LogP contribution in [0.4, 0.5) is 4.79 Å². The Morgan fingerprint density at radius 3 is 2.18 bits per heavy atom. The number of ether oxygens (including phenoxy) is 4. The van der Waals surface area contributed by atoms with Gasteiger partial charge in [0.1, 0.15) is 18.1 Å². The van der Waals surface area contributed by atoms with E-state index < -0.39 is 18.2 Å². The first-order valence-electron chi connectivity index (χ1n) is 13.4. The number of carbonyl (C=O) groups excluding carboxylic acids is 1. The van der Waals surface area contributed by atoms with Gasteiger partial charge in [0.15, 0.2) is 6.10 Å². The van der Waals surface area contributed by atoms with Gasteiger partial charge in [0.2, 0.25) is 0 Å². The molecule has 0 bridgehead atoms. The van der Waals surface area contributed by atoms with Crippen molar-refractivity contribution in [2.75, 3.05) is 39.5 Å². The Kier molecular flexibility index (Phi) is 13.7. The number of unbranched alkanes of at least 4 members (excludes halogenated alkanes) is 2. The van der Waals surface area contributed by atoms with E-state index in [9.17, 15) is 14.7 Å². The Bertz CT molecular complexity index is 983. The lowest BCUT2D eigenvalue weighted by atomic mass is 10.1. The molecule has 0 heterocycles. The van der Waals surface area contributed by atoms with Crippen molar-refractivity contribution in [3.05, 3.63) is 58.7 Å². The number of carboxylic acids is 1. The number of nitrogens with zero attached hydrogens (tertiary/aromatic N) is 1. The summed E-state index contributed by atoms with van der Waals surface area (Å²) in [5.41, 5.74) is 3.79. The van der Waals surface area contributed by atoms with Gasteiger partial charge in [0, 0.05) is 26.2 Å². The quantitative estimate of drug-likeness (QED) is 0.262. The molecule has 1 atom stereocenters. The highest BCUT2D eigenvalue weighted by atomic mass is 16.6. The molecule has 2 aromatic rings. The number of rotatable bonds is 17. The molecule has 0 spiro atoms. The van der Waals surface area contributed by atoms with Gasteiger partial charge in [-0.05, 0) is 62.9 Å². The first kappa shape index (κ1) is 31.1. The monoisotopic (exact) mass is 529 g/mol. The van der Waals surface area contributed by atoms with Crippen LogP contribution in [0.1, 0.15) is 55.4 Å². The summed E-state index contributed by atoms with van der Waals surface area (Å²) in [7, 11) is 0. The molecule has 0 fully saturated rings. The van der Waals surface area contributed by atoms with E-state index >= 15 is 0 Å². The molecule has 8 nitrogen and oxygen atoms in total. The molecule has 0 aromatic heterocycles. The highest BCUT2D eigenvalue weighted by Gasteiger charge is 2.19. The first-order chi connectivity index (χ1) is 18.2. The van der Waals surface area contributed by atoms with Crippen LogP contribution >= 0.6 is 0 Å². The maximum Gasteiger partial charge on any atom is 0.415 e. The van der Waals surface area contributed by atoms with Crippen LogP contribution in [0.25, 0.3) is 0 Å². The standard InChI is InChI=1S/C30H43NO7/c1-6-8-9-16-35-17-14-31(30(34)38-28-23(4)19-22(3)20-24(28)5)15-18-37-26-12-10-25(11-13-26)21-27(29(32)33)36-7-2/h10-13,19-20,27H,6-9,14-18,21H2,1-5H3,(H,32,33). The van der Waals surface area contributed by atoms with Crippen LogP contribution in [0.3, 0.4) is 0 Å². The van der Waals surface area contributed by atoms with E-state index in [1.165, 1.54) is 0 Å². The summed E-state index contributed by atoms with van der Waals surface area (Å²) >= 11 is 0. The molecule has 0 aliphatic rings. The van der Waals surface area contributed by atoms with Gasteiger partial charge in [0.25, 0.3) is 0 Å². The molecule has 0 aliphatic heterocycles. The molecule has 8 heteroatoms. The summed E-state index contributed by atoms with van der Waals surface area (Å²) in [6, 6.07) is 11.2. The summed E-state index contributed by atoms with van der Waals surface area (Å²) in [5.74, 6) is 0.230. The largest absolute Gasteiger partial charge is 0.492 e. The van der Waals surface area contributed by atoms with E-state index in [-0.39, 0.29) is 13.0 Å². The zero-order valence-corrected chi connectivity index (χ0v) is 23.5. The summed E-state index contributed by atoms with van der Waals surface area (Å²) in [5, 5.41) is 9.28. The Morgan fingerprint density at radius 2 is 1.58 bits per heavy atom. The Balaban J connectivity index is 1.96. The molecule has 0 aliphatic carbocycles. The van der Waals surface area contributed by atoms with Crippen LogP contribution in [0.5, 0.6) is 11.5 Å². The van der Waals surface area contributed by atoms with Crippen LogP contribution in [0, 0.1) is 20.8 Å². The minimum absolute atomic E-state index is 0.271. The molecule has 1 unspecified atom stereocenters. The van der Waals surface area contributed by atoms with Crippen LogP contribution in [-0.4, -0.2) is 67.7 Å². The zero-order valence-electron chi connectivity index (χ0n) is 23.5. The highest BCUT2D eigenvalue weighted by molar-refractivity contribution is 5.73. The molecule has 1 amide bonds. The normalized spacial score (nSPS) is 11.7. The lowest BCUT2D eigenvalue weighted by molar-refractivity contribution is -0.149. The number of aliphatic carboxylic acids is 1. The Morgan fingerprint density at radius 1 is 0.921 bits per heavy atom. The molecule has 210 valence electrons. The zero-order chi connectivity index (χ0) is 27.9. The van der Waals surface area contributed by atoms with E-state index in [1.54, 1.807) is 24.0 Å². The average molecular weight is 530 g/mol. The predicted octanol–water partition coefficient (Wildman–Crippen LogP) is 5.73. The van der Waals surface area contributed by atoms with E-state index in [0.717, 1.165) is 41.5 Å². The van der Waals surface area contributed by atoms with Gasteiger partial charge in [-0.1, -0.05) is 49.6 Å². The van der Waals surface area contributed by atoms with Gasteiger partial charge >= 0.3 is 12.1 Å². The minimum atomic E-state index is -0.982. The lowest BCUT2D eigenvalue weighted by Gasteiger charge is -2.23. The molecule has 0 saturated heterocycles. The van der Waals surface area contributed by atoms with Crippen LogP contribution < -0.4 is 9.47 Å². The summed E-state index contributed by atoms with van der Waals surface area (Å²) in [4.78, 5) is 26.0. The summed E-state index contributed by atoms with van der Waals surface area (Å²) in [6.07, 6.45) is 2.21. The number of hydrogen-bond acceptors (Lipinski definition) is 6. The predicted molar refractivity (Wildman–Crippen MR) is 147 cm³/mol. The van der Waals surface area contributed by atoms with Gasteiger partial charge in [0.05, 0.1) is 13.2 Å². The first-order valence-corrected chi connectivity index (χ1v) is 13.4. The smallest absolute Gasteiger partial charge is 0.415 e. The number of benzene rings is 2. The van der Waals surface area contributed by atoms with Crippen LogP contribution in [0.2, 0.25) is 0 Å². The van der Waals surface area contributed by atoms with E-state index in [2.05, 4.69) is 6.92 Å². The maximum absolute atomic E-state index is 13.1. The molecule has 2 rings (SSSR count). The number of amides is 1. The molecule has 0 radical (unpaired) electrons. The SMILES string of the molecule is CCCCCOCCN(CCOc1ccc(CC(OCC)C(=O)O)cc1)C(=O)Oc1c(C)cc(C)cc1C. The van der Waals surface area contributed by atoms with E-state index in [0.29, 0.717) is 44.4 Å². The number of aryl methyl sites for hydroxylation is 3. The third-order valence-corrected chi connectivity index (χ3v) is 6.07. The highest BCUT2D eigenvalue weighted by Crippen LogP contribution is 2.25. The van der Waals surface area contributed by atoms with Crippen LogP contribution in [0.15, 0.2) is 36.4 Å². The van der Waals surface area contributed by atoms with Gasteiger partial charge in [-0.15, -0.1) is 0 Å². The van der Waals surface area contributed by atoms with Crippen molar-refractivity contribution in [1.82, 2.24) is 4.90 Å². The second-order valence-corrected chi connectivity index (χ2v) is 9.38. The van der Waals surface area contributed by atoms with Gasteiger partial charge in [-0.2, -0.15) is 0 Å². The second kappa shape index (κ2) is 16.7.